The smallest absolute Gasteiger partial charge is 0.329 e. The molecule has 3 heterocycles. The van der Waals surface area contributed by atoms with Crippen molar-refractivity contribution in [3.8, 4) is 0 Å². The highest BCUT2D eigenvalue weighted by molar-refractivity contribution is 7.89. The van der Waals surface area contributed by atoms with E-state index in [1.165, 1.54) is 41.0 Å². The Kier molecular flexibility index (Phi) is 6.23. The van der Waals surface area contributed by atoms with E-state index in [0.717, 1.165) is 0 Å². The van der Waals surface area contributed by atoms with Crippen LogP contribution in [0.4, 0.5) is 0 Å². The number of piperazine rings is 1. The number of aromatic amines is 2. The third-order valence-electron chi connectivity index (χ3n) is 5.85. The van der Waals surface area contributed by atoms with Gasteiger partial charge in [-0.2, -0.15) is 4.31 Å². The molecule has 1 amide bonds. The van der Waals surface area contributed by atoms with Gasteiger partial charge in [-0.05, 0) is 19.1 Å². The fourth-order valence-electron chi connectivity index (χ4n) is 3.86. The largest absolute Gasteiger partial charge is 0.340 e. The Labute approximate surface area is 194 Å². The molecule has 13 heteroatoms. The number of amides is 1. The van der Waals surface area contributed by atoms with E-state index < -0.39 is 21.3 Å². The zero-order valence-electron chi connectivity index (χ0n) is 18.7. The van der Waals surface area contributed by atoms with Crippen molar-refractivity contribution < 1.29 is 18.0 Å². The van der Waals surface area contributed by atoms with Crippen molar-refractivity contribution in [2.24, 2.45) is 7.05 Å². The van der Waals surface area contributed by atoms with Gasteiger partial charge in [0.05, 0.1) is 4.90 Å². The minimum Gasteiger partial charge on any atom is -0.340 e. The van der Waals surface area contributed by atoms with Gasteiger partial charge < -0.3 is 9.88 Å². The van der Waals surface area contributed by atoms with Crippen molar-refractivity contribution in [1.29, 1.82) is 0 Å². The number of H-pyrrole nitrogens is 2. The Morgan fingerprint density at radius 3 is 2.47 bits per heavy atom. The highest BCUT2D eigenvalue weighted by Gasteiger charge is 2.30. The van der Waals surface area contributed by atoms with Gasteiger partial charge >= 0.3 is 5.69 Å². The van der Waals surface area contributed by atoms with Crippen LogP contribution in [0.25, 0.3) is 11.2 Å². The lowest BCUT2D eigenvalue weighted by Gasteiger charge is -2.34. The topological polar surface area (TPSA) is 158 Å². The van der Waals surface area contributed by atoms with Crippen LogP contribution >= 0.6 is 0 Å². The van der Waals surface area contributed by atoms with Crippen LogP contribution in [0.5, 0.6) is 0 Å². The second-order valence-electron chi connectivity index (χ2n) is 8.07. The van der Waals surface area contributed by atoms with E-state index in [1.54, 1.807) is 11.0 Å². The maximum absolute atomic E-state index is 13.0. The number of aromatic nitrogens is 4. The number of rotatable bonds is 6. The number of carbonyl (C=O) groups is 2. The molecular formula is C21H24N6O6S. The Balaban J connectivity index is 1.38. The summed E-state index contributed by atoms with van der Waals surface area (Å²) in [6, 6.07) is 5.92. The van der Waals surface area contributed by atoms with Crippen LogP contribution in [-0.2, 0) is 28.3 Å². The van der Waals surface area contributed by atoms with Gasteiger partial charge in [0, 0.05) is 51.6 Å². The van der Waals surface area contributed by atoms with Gasteiger partial charge in [-0.25, -0.2) is 18.2 Å². The third-order valence-corrected chi connectivity index (χ3v) is 7.74. The Hall–Kier alpha value is -3.58. The number of benzene rings is 1. The van der Waals surface area contributed by atoms with Crippen LogP contribution < -0.4 is 11.2 Å². The first-order valence-corrected chi connectivity index (χ1v) is 12.1. The maximum Gasteiger partial charge on any atom is 0.329 e. The van der Waals surface area contributed by atoms with E-state index in [0.29, 0.717) is 11.4 Å². The van der Waals surface area contributed by atoms with Crippen molar-refractivity contribution in [1.82, 2.24) is 28.7 Å². The molecular weight excluding hydrogens is 464 g/mol. The van der Waals surface area contributed by atoms with Gasteiger partial charge in [-0.1, -0.05) is 12.1 Å². The van der Waals surface area contributed by atoms with Crippen LogP contribution in [0.2, 0.25) is 0 Å². The maximum atomic E-state index is 13.0. The number of ketones is 1. The van der Waals surface area contributed by atoms with Gasteiger partial charge in [0.1, 0.15) is 11.3 Å². The Bertz CT molecular complexity index is 1490. The number of hydrogen-bond acceptors (Lipinski definition) is 7. The quantitative estimate of drug-likeness (QED) is 0.448. The molecule has 0 bridgehead atoms. The fraction of sp³-hybridized carbons (Fsp3) is 0.381. The van der Waals surface area contributed by atoms with Crippen LogP contribution in [0.3, 0.4) is 0 Å². The van der Waals surface area contributed by atoms with Crippen LogP contribution in [0, 0.1) is 0 Å². The zero-order valence-corrected chi connectivity index (χ0v) is 19.5. The molecule has 2 N–H and O–H groups in total. The summed E-state index contributed by atoms with van der Waals surface area (Å²) in [6.45, 7) is 2.12. The first kappa shape index (κ1) is 23.6. The van der Waals surface area contributed by atoms with Crippen molar-refractivity contribution >= 4 is 32.9 Å². The fourth-order valence-corrected chi connectivity index (χ4v) is 5.33. The number of fused-ring (bicyclic) bond motifs is 1. The second kappa shape index (κ2) is 8.99. The van der Waals surface area contributed by atoms with Gasteiger partial charge in [0.2, 0.25) is 15.9 Å². The highest BCUT2D eigenvalue weighted by Crippen LogP contribution is 2.19. The number of carbonyl (C=O) groups excluding carboxylic acids is 2. The molecule has 0 unspecified atom stereocenters. The van der Waals surface area contributed by atoms with Crippen LogP contribution in [0.15, 0.2) is 38.8 Å². The summed E-state index contributed by atoms with van der Waals surface area (Å²) in [4.78, 5) is 58.8. The standard InChI is InChI=1S/C21H24N6O6S/c1-13(28)14-4-3-5-15(12-14)34(32,33)27-10-8-26(9-11-27)17(29)7-6-16-22-18-19(23-16)25(2)21(31)24-20(18)30/h3-5,12H,6-11H2,1-2H3,(H,22,23)(H,24,30,31). The molecule has 1 saturated heterocycles. The average Bonchev–Trinajstić information content (AvgIpc) is 3.26. The second-order valence-corrected chi connectivity index (χ2v) is 10.0. The number of imidazole rings is 1. The van der Waals surface area contributed by atoms with Crippen molar-refractivity contribution in [2.45, 2.75) is 24.7 Å². The molecule has 1 aliphatic rings. The molecule has 3 aromatic rings. The monoisotopic (exact) mass is 488 g/mol. The number of sulfonamides is 1. The van der Waals surface area contributed by atoms with Gasteiger partial charge in [-0.3, -0.25) is 23.9 Å². The third kappa shape index (κ3) is 4.43. The molecule has 4 rings (SSSR count). The Morgan fingerprint density at radius 1 is 1.09 bits per heavy atom. The molecule has 180 valence electrons. The zero-order chi connectivity index (χ0) is 24.6. The lowest BCUT2D eigenvalue weighted by Crippen LogP contribution is -2.50. The lowest BCUT2D eigenvalue weighted by atomic mass is 10.2. The molecule has 1 aliphatic heterocycles. The molecule has 0 aliphatic carbocycles. The molecule has 0 atom stereocenters. The number of nitrogens with zero attached hydrogens (tertiary/aromatic N) is 4. The summed E-state index contributed by atoms with van der Waals surface area (Å²) in [5.41, 5.74) is -0.453. The number of Topliss-reactive ketones (excluding diaryl/α,β-unsaturated/α-hetero) is 1. The van der Waals surface area contributed by atoms with E-state index in [-0.39, 0.29) is 66.8 Å². The summed E-state index contributed by atoms with van der Waals surface area (Å²) in [5, 5.41) is 0. The summed E-state index contributed by atoms with van der Waals surface area (Å²) < 4.78 is 28.4. The van der Waals surface area contributed by atoms with E-state index in [1.807, 2.05) is 0 Å². The van der Waals surface area contributed by atoms with Crippen molar-refractivity contribution in [3.05, 3.63) is 56.5 Å². The predicted octanol–water partition coefficient (Wildman–Crippen LogP) is -0.382. The molecule has 0 radical (unpaired) electrons. The molecule has 0 spiro atoms. The molecule has 1 aromatic carbocycles. The first-order valence-electron chi connectivity index (χ1n) is 10.6. The van der Waals surface area contributed by atoms with E-state index in [2.05, 4.69) is 15.0 Å². The van der Waals surface area contributed by atoms with Gasteiger partial charge in [-0.15, -0.1) is 0 Å². The highest BCUT2D eigenvalue weighted by atomic mass is 32.2. The molecule has 1 fully saturated rings. The normalized spacial score (nSPS) is 15.1. The molecule has 2 aromatic heterocycles. The average molecular weight is 489 g/mol. The van der Waals surface area contributed by atoms with Crippen molar-refractivity contribution in [2.75, 3.05) is 26.2 Å². The van der Waals surface area contributed by atoms with E-state index in [9.17, 15) is 27.6 Å². The van der Waals surface area contributed by atoms with E-state index >= 15 is 0 Å². The minimum atomic E-state index is -3.78. The SMILES string of the molecule is CC(=O)c1cccc(S(=O)(=O)N2CCN(C(=O)CCc3nc4c([nH]3)c(=O)[nH]c(=O)n4C)CC2)c1. The van der Waals surface area contributed by atoms with Crippen LogP contribution in [-0.4, -0.2) is 75.0 Å². The molecule has 12 nitrogen and oxygen atoms in total. The number of nitrogens with one attached hydrogen (secondary N) is 2. The summed E-state index contributed by atoms with van der Waals surface area (Å²) in [6.07, 6.45) is 0.344. The van der Waals surface area contributed by atoms with Gasteiger partial charge in [0.25, 0.3) is 5.56 Å². The first-order chi connectivity index (χ1) is 16.1. The number of aryl methyl sites for hydroxylation is 2. The number of hydrogen-bond donors (Lipinski definition) is 2. The summed E-state index contributed by atoms with van der Waals surface area (Å²) in [5.74, 6) is 0.0178. The van der Waals surface area contributed by atoms with Crippen LogP contribution in [0.1, 0.15) is 29.5 Å². The molecule has 0 saturated carbocycles. The summed E-state index contributed by atoms with van der Waals surface area (Å²) in [7, 11) is -2.29. The molecule has 34 heavy (non-hydrogen) atoms. The van der Waals surface area contributed by atoms with E-state index in [4.69, 9.17) is 0 Å². The lowest BCUT2D eigenvalue weighted by molar-refractivity contribution is -0.132. The van der Waals surface area contributed by atoms with Crippen molar-refractivity contribution in [3.63, 3.8) is 0 Å². The summed E-state index contributed by atoms with van der Waals surface area (Å²) >= 11 is 0. The Morgan fingerprint density at radius 2 is 1.79 bits per heavy atom. The minimum absolute atomic E-state index is 0.0502. The van der Waals surface area contributed by atoms with Gasteiger partial charge in [0.15, 0.2) is 11.4 Å². The predicted molar refractivity (Wildman–Crippen MR) is 122 cm³/mol.